The fourth-order valence-electron chi connectivity index (χ4n) is 1.06. The molecule has 0 N–H and O–H groups in total. The molecule has 0 aromatic rings. The van der Waals surface area contributed by atoms with E-state index in [2.05, 4.69) is 26.1 Å². The van der Waals surface area contributed by atoms with Crippen molar-refractivity contribution in [2.24, 2.45) is 5.41 Å². The quantitative estimate of drug-likeness (QED) is 0.718. The number of carbonyl (C=O) groups is 1. The van der Waals surface area contributed by atoms with Crippen molar-refractivity contribution < 1.29 is 24.3 Å². The van der Waals surface area contributed by atoms with Crippen LogP contribution in [0.5, 0.6) is 0 Å². The molecule has 0 aromatic heterocycles. The van der Waals surface area contributed by atoms with Crippen molar-refractivity contribution in [3.05, 3.63) is 5.32 Å². The van der Waals surface area contributed by atoms with Gasteiger partial charge < -0.3 is 10.2 Å². The minimum Gasteiger partial charge on any atom is -0.657 e. The van der Waals surface area contributed by atoms with Crippen molar-refractivity contribution >= 4 is 5.91 Å². The van der Waals surface area contributed by atoms with Crippen LogP contribution in [-0.4, -0.2) is 38.0 Å². The Morgan fingerprint density at radius 1 is 1.38 bits per heavy atom. The Bertz CT molecular complexity index is 154. The molecule has 0 aliphatic carbocycles. The van der Waals surface area contributed by atoms with Gasteiger partial charge in [-0.25, -0.2) is 0 Å². The molecule has 0 bridgehead atoms. The van der Waals surface area contributed by atoms with Gasteiger partial charge in [0.1, 0.15) is 0 Å². The molecule has 0 aliphatic heterocycles. The zero-order valence-electron chi connectivity index (χ0n) is 9.05. The molecular weight excluding hydrogens is 255 g/mol. The number of amides is 1. The van der Waals surface area contributed by atoms with E-state index in [-0.39, 0.29) is 30.8 Å². The molecule has 4 heteroatoms. The summed E-state index contributed by atoms with van der Waals surface area (Å²) in [4.78, 5) is 13.0. The predicted octanol–water partition coefficient (Wildman–Crippen LogP) is 1.49. The van der Waals surface area contributed by atoms with Crippen molar-refractivity contribution in [2.75, 3.05) is 27.2 Å². The van der Waals surface area contributed by atoms with E-state index in [1.54, 1.807) is 11.9 Å². The second-order valence-electron chi connectivity index (χ2n) is 4.28. The van der Waals surface area contributed by atoms with Gasteiger partial charge in [0.2, 0.25) is 5.91 Å². The molecule has 81 valence electrons. The second-order valence-corrected chi connectivity index (χ2v) is 4.28. The Morgan fingerprint density at radius 3 is 2.15 bits per heavy atom. The van der Waals surface area contributed by atoms with Gasteiger partial charge in [0.15, 0.2) is 0 Å². The zero-order chi connectivity index (χ0) is 9.78. The SMILES string of the molecule is C[N-]CC(=O)N(C)CC(C)(C)C.[Rh]. The van der Waals surface area contributed by atoms with E-state index in [1.165, 1.54) is 0 Å². The Kier molecular flexibility index (Phi) is 7.76. The Labute approximate surface area is 94.0 Å². The van der Waals surface area contributed by atoms with Gasteiger partial charge in [0, 0.05) is 33.1 Å². The van der Waals surface area contributed by atoms with Crippen LogP contribution in [0, 0.1) is 5.41 Å². The van der Waals surface area contributed by atoms with Gasteiger partial charge in [-0.2, -0.15) is 7.05 Å². The van der Waals surface area contributed by atoms with Crippen LogP contribution in [0.25, 0.3) is 5.32 Å². The van der Waals surface area contributed by atoms with Gasteiger partial charge in [-0.3, -0.25) is 4.79 Å². The maximum Gasteiger partial charge on any atom is 0.201 e. The number of nitrogens with zero attached hydrogens (tertiary/aromatic N) is 2. The van der Waals surface area contributed by atoms with Crippen LogP contribution in [0.2, 0.25) is 0 Å². The average molecular weight is 274 g/mol. The van der Waals surface area contributed by atoms with Crippen molar-refractivity contribution in [3.8, 4) is 0 Å². The maximum atomic E-state index is 11.3. The van der Waals surface area contributed by atoms with Gasteiger partial charge >= 0.3 is 0 Å². The number of hydrogen-bond acceptors (Lipinski definition) is 1. The molecule has 0 aromatic carbocycles. The Hall–Kier alpha value is 0.0534. The van der Waals surface area contributed by atoms with E-state index in [0.717, 1.165) is 6.54 Å². The first-order chi connectivity index (χ1) is 5.37. The third-order valence-electron chi connectivity index (χ3n) is 1.43. The topological polar surface area (TPSA) is 34.4 Å². The summed E-state index contributed by atoms with van der Waals surface area (Å²) >= 11 is 0. The minimum atomic E-state index is 0. The van der Waals surface area contributed by atoms with E-state index < -0.39 is 0 Å². The van der Waals surface area contributed by atoms with Crippen LogP contribution in [0.1, 0.15) is 20.8 Å². The van der Waals surface area contributed by atoms with Crippen molar-refractivity contribution in [1.29, 1.82) is 0 Å². The van der Waals surface area contributed by atoms with Crippen molar-refractivity contribution in [3.63, 3.8) is 0 Å². The number of likely N-dealkylation sites (N-methyl/N-ethyl adjacent to an activating group) is 2. The first-order valence-electron chi connectivity index (χ1n) is 4.16. The average Bonchev–Trinajstić information content (AvgIpc) is 1.84. The molecule has 3 nitrogen and oxygen atoms in total. The third kappa shape index (κ3) is 8.39. The van der Waals surface area contributed by atoms with Gasteiger partial charge in [0.25, 0.3) is 0 Å². The summed E-state index contributed by atoms with van der Waals surface area (Å²) in [7, 11) is 3.47. The molecule has 1 amide bonds. The van der Waals surface area contributed by atoms with E-state index >= 15 is 0 Å². The van der Waals surface area contributed by atoms with Crippen molar-refractivity contribution in [1.82, 2.24) is 4.90 Å². The van der Waals surface area contributed by atoms with E-state index in [9.17, 15) is 4.79 Å². The van der Waals surface area contributed by atoms with Crippen molar-refractivity contribution in [2.45, 2.75) is 20.8 Å². The Morgan fingerprint density at radius 2 is 1.85 bits per heavy atom. The van der Waals surface area contributed by atoms with Gasteiger partial charge in [-0.1, -0.05) is 27.3 Å². The molecule has 1 radical (unpaired) electrons. The van der Waals surface area contributed by atoms with E-state index in [4.69, 9.17) is 0 Å². The third-order valence-corrected chi connectivity index (χ3v) is 1.43. The number of hydrogen-bond donors (Lipinski definition) is 0. The molecule has 0 heterocycles. The molecule has 13 heavy (non-hydrogen) atoms. The smallest absolute Gasteiger partial charge is 0.201 e. The summed E-state index contributed by atoms with van der Waals surface area (Å²) in [6.45, 7) is 7.41. The van der Waals surface area contributed by atoms with Crippen LogP contribution in [0.4, 0.5) is 0 Å². The first kappa shape index (κ1) is 15.5. The molecule has 0 unspecified atom stereocenters. The molecule has 0 atom stereocenters. The summed E-state index contributed by atoms with van der Waals surface area (Å²) in [6.07, 6.45) is 0. The van der Waals surface area contributed by atoms with E-state index in [1.807, 2.05) is 7.05 Å². The zero-order valence-corrected chi connectivity index (χ0v) is 10.7. The fourth-order valence-corrected chi connectivity index (χ4v) is 1.06. The summed E-state index contributed by atoms with van der Waals surface area (Å²) in [6, 6.07) is 0. The molecule has 0 aliphatic rings. The van der Waals surface area contributed by atoms with Crippen LogP contribution < -0.4 is 0 Å². The number of rotatable bonds is 3. The van der Waals surface area contributed by atoms with Gasteiger partial charge in [0.05, 0.1) is 0 Å². The number of carbonyl (C=O) groups excluding carboxylic acids is 1. The minimum absolute atomic E-state index is 0. The van der Waals surface area contributed by atoms with Crippen LogP contribution in [0.15, 0.2) is 0 Å². The normalized spacial score (nSPS) is 10.5. The summed E-state index contributed by atoms with van der Waals surface area (Å²) < 4.78 is 0. The molecule has 0 rings (SSSR count). The standard InChI is InChI=1S/C9H19N2O.Rh/c1-9(2,3)7-11(5)8(12)6-10-4;/h6-7H2,1-5H3;/q-1;. The van der Waals surface area contributed by atoms with Crippen LogP contribution >= 0.6 is 0 Å². The summed E-state index contributed by atoms with van der Waals surface area (Å²) in [5.74, 6) is 0.0902. The molecular formula is C9H19N2ORh-. The van der Waals surface area contributed by atoms with Crippen LogP contribution in [0.3, 0.4) is 0 Å². The molecule has 0 spiro atoms. The maximum absolute atomic E-state index is 11.3. The largest absolute Gasteiger partial charge is 0.657 e. The van der Waals surface area contributed by atoms with Crippen LogP contribution in [-0.2, 0) is 24.3 Å². The monoisotopic (exact) mass is 274 g/mol. The second kappa shape index (κ2) is 6.50. The first-order valence-corrected chi connectivity index (χ1v) is 4.16. The molecule has 0 saturated heterocycles. The fraction of sp³-hybridized carbons (Fsp3) is 0.889. The van der Waals surface area contributed by atoms with E-state index in [0.29, 0.717) is 6.54 Å². The van der Waals surface area contributed by atoms with Gasteiger partial charge in [-0.15, -0.1) is 0 Å². The van der Waals surface area contributed by atoms with Gasteiger partial charge in [-0.05, 0) is 5.41 Å². The predicted molar refractivity (Wildman–Crippen MR) is 51.2 cm³/mol. The molecule has 0 saturated carbocycles. The summed E-state index contributed by atoms with van der Waals surface area (Å²) in [5.41, 5.74) is 0.165. The molecule has 0 fully saturated rings. The summed E-state index contributed by atoms with van der Waals surface area (Å²) in [5, 5.41) is 3.80. The Balaban J connectivity index is 0.